The quantitative estimate of drug-likeness (QED) is 0.197. The second kappa shape index (κ2) is 5.80. The van der Waals surface area contributed by atoms with Crippen LogP contribution in [0.3, 0.4) is 0 Å². The highest BCUT2D eigenvalue weighted by Gasteiger charge is 2.18. The van der Waals surface area contributed by atoms with Gasteiger partial charge in [-0.25, -0.2) is 0 Å². The van der Waals surface area contributed by atoms with Gasteiger partial charge in [-0.1, -0.05) is 0 Å². The van der Waals surface area contributed by atoms with E-state index in [0.717, 1.165) is 16.9 Å². The van der Waals surface area contributed by atoms with Gasteiger partial charge in [0.05, 0.1) is 16.6 Å². The van der Waals surface area contributed by atoms with Gasteiger partial charge in [-0.15, -0.1) is 0 Å². The van der Waals surface area contributed by atoms with Crippen molar-refractivity contribution in [1.82, 2.24) is 0 Å². The van der Waals surface area contributed by atoms with Crippen LogP contribution in [0.25, 0.3) is 11.6 Å². The fourth-order valence-electron chi connectivity index (χ4n) is 1.79. The summed E-state index contributed by atoms with van der Waals surface area (Å²) in [6.45, 7) is 0. The smallest absolute Gasteiger partial charge is 0.315 e. The average Bonchev–Trinajstić information content (AvgIpc) is 2.49. The number of benzene rings is 1. The van der Waals surface area contributed by atoms with Crippen LogP contribution in [0.4, 0.5) is 5.69 Å². The predicted octanol–water partition coefficient (Wildman–Crippen LogP) is 1.59. The van der Waals surface area contributed by atoms with Crippen LogP contribution < -0.4 is 4.73 Å². The first-order valence-corrected chi connectivity index (χ1v) is 5.95. The number of rotatable bonds is 3. The lowest BCUT2D eigenvalue weighted by molar-refractivity contribution is -0.904. The molecular weight excluding hydrogens is 290 g/mol. The van der Waals surface area contributed by atoms with Gasteiger partial charge in [-0.05, 0) is 17.7 Å². The molecule has 22 heavy (non-hydrogen) atoms. The van der Waals surface area contributed by atoms with Crippen LogP contribution in [0, 0.1) is 21.4 Å². The summed E-state index contributed by atoms with van der Waals surface area (Å²) in [5, 5.41) is 48.1. The van der Waals surface area contributed by atoms with E-state index >= 15 is 0 Å². The second-order valence-electron chi connectivity index (χ2n) is 4.30. The molecule has 0 aliphatic rings. The highest BCUT2D eigenvalue weighted by Crippen LogP contribution is 2.37. The minimum atomic E-state index is -0.838. The van der Waals surface area contributed by atoms with E-state index in [4.69, 9.17) is 5.21 Å². The van der Waals surface area contributed by atoms with Crippen molar-refractivity contribution in [2.24, 2.45) is 0 Å². The van der Waals surface area contributed by atoms with E-state index in [9.17, 15) is 25.6 Å². The minimum absolute atomic E-state index is 0.167. The number of aromatic hydroxyl groups is 2. The number of nitriles is 1. The zero-order valence-corrected chi connectivity index (χ0v) is 11.0. The number of nitro benzene ring substituents is 1. The van der Waals surface area contributed by atoms with Crippen molar-refractivity contribution in [2.75, 3.05) is 0 Å². The number of nitro groups is 1. The number of allylic oxidation sites excluding steroid dienone is 1. The van der Waals surface area contributed by atoms with Crippen LogP contribution in [0.15, 0.2) is 36.7 Å². The number of hydrogen-bond acceptors (Lipinski definition) is 6. The van der Waals surface area contributed by atoms with E-state index in [1.807, 2.05) is 6.07 Å². The summed E-state index contributed by atoms with van der Waals surface area (Å²) in [6.07, 6.45) is 3.96. The first kappa shape index (κ1) is 14.8. The molecule has 3 N–H and O–H groups in total. The number of nitrogens with zero attached hydrogens (tertiary/aromatic N) is 3. The Morgan fingerprint density at radius 1 is 1.32 bits per heavy atom. The molecule has 0 bridgehead atoms. The molecule has 1 heterocycles. The molecule has 0 radical (unpaired) electrons. The maximum Gasteiger partial charge on any atom is 0.315 e. The standard InChI is InChI=1S/C14H9N3O5/c15-8-11(10-1-3-16(20)4-2-10)5-9-6-12(17(21)22)14(19)13(18)7-9/h1-7,18,20H/p+1. The molecule has 0 atom stereocenters. The van der Waals surface area contributed by atoms with Crippen LogP contribution in [-0.4, -0.2) is 20.3 Å². The largest absolute Gasteiger partial charge is 0.504 e. The van der Waals surface area contributed by atoms with Crippen molar-refractivity contribution in [3.8, 4) is 17.6 Å². The summed E-state index contributed by atoms with van der Waals surface area (Å²) in [7, 11) is 0. The maximum atomic E-state index is 10.8. The second-order valence-corrected chi connectivity index (χ2v) is 4.30. The van der Waals surface area contributed by atoms with Crippen LogP contribution in [0.5, 0.6) is 11.5 Å². The zero-order chi connectivity index (χ0) is 16.3. The number of phenolic OH excluding ortho intramolecular Hbond substituents is 2. The molecule has 1 aromatic carbocycles. The summed E-state index contributed by atoms with van der Waals surface area (Å²) in [4.78, 5) is 9.97. The van der Waals surface area contributed by atoms with E-state index in [1.54, 1.807) is 0 Å². The Kier molecular flexibility index (Phi) is 3.90. The van der Waals surface area contributed by atoms with Crippen molar-refractivity contribution >= 4 is 17.3 Å². The lowest BCUT2D eigenvalue weighted by atomic mass is 10.0. The molecule has 0 unspecified atom stereocenters. The van der Waals surface area contributed by atoms with Gasteiger partial charge in [0, 0.05) is 28.5 Å². The normalized spacial score (nSPS) is 11.0. The van der Waals surface area contributed by atoms with Crippen molar-refractivity contribution in [2.45, 2.75) is 0 Å². The number of phenols is 2. The fraction of sp³-hybridized carbons (Fsp3) is 0. The summed E-state index contributed by atoms with van der Waals surface area (Å²) < 4.78 is 0.801. The minimum Gasteiger partial charge on any atom is -0.504 e. The molecule has 0 aliphatic heterocycles. The Morgan fingerprint density at radius 2 is 1.95 bits per heavy atom. The fourth-order valence-corrected chi connectivity index (χ4v) is 1.79. The lowest BCUT2D eigenvalue weighted by Crippen LogP contribution is -2.27. The molecule has 8 heteroatoms. The van der Waals surface area contributed by atoms with Gasteiger partial charge in [0.1, 0.15) is 0 Å². The molecule has 2 rings (SSSR count). The Labute approximate surface area is 124 Å². The van der Waals surface area contributed by atoms with Gasteiger partial charge in [-0.3, -0.25) is 15.3 Å². The molecule has 0 spiro atoms. The van der Waals surface area contributed by atoms with Crippen molar-refractivity contribution in [3.63, 3.8) is 0 Å². The molecule has 0 saturated heterocycles. The summed E-state index contributed by atoms with van der Waals surface area (Å²) >= 11 is 0. The first-order valence-electron chi connectivity index (χ1n) is 5.95. The number of pyridine rings is 1. The van der Waals surface area contributed by atoms with Gasteiger partial charge >= 0.3 is 5.69 Å². The van der Waals surface area contributed by atoms with Gasteiger partial charge in [-0.2, -0.15) is 5.26 Å². The van der Waals surface area contributed by atoms with Crippen molar-refractivity contribution in [3.05, 3.63) is 57.9 Å². The van der Waals surface area contributed by atoms with E-state index in [-0.39, 0.29) is 11.1 Å². The van der Waals surface area contributed by atoms with Crippen LogP contribution >= 0.6 is 0 Å². The van der Waals surface area contributed by atoms with Crippen LogP contribution in [0.2, 0.25) is 0 Å². The molecule has 2 aromatic rings. The SMILES string of the molecule is N#C/C(=C\c1cc(O)c(O)c([N+](=O)[O-])c1)c1cc[n+](O)cc1. The highest BCUT2D eigenvalue weighted by atomic mass is 16.6. The lowest BCUT2D eigenvalue weighted by Gasteiger charge is -2.02. The monoisotopic (exact) mass is 300 g/mol. The first-order chi connectivity index (χ1) is 10.4. The topological polar surface area (TPSA) is 132 Å². The van der Waals surface area contributed by atoms with E-state index < -0.39 is 22.1 Å². The molecule has 0 fully saturated rings. The molecule has 0 saturated carbocycles. The third-order valence-electron chi connectivity index (χ3n) is 2.84. The van der Waals surface area contributed by atoms with E-state index in [2.05, 4.69) is 0 Å². The van der Waals surface area contributed by atoms with Crippen LogP contribution in [-0.2, 0) is 0 Å². The molecule has 1 aromatic heterocycles. The molecule has 8 nitrogen and oxygen atoms in total. The van der Waals surface area contributed by atoms with Crippen molar-refractivity contribution < 1.29 is 25.1 Å². The number of aromatic nitrogens is 1. The third kappa shape index (κ3) is 2.94. The van der Waals surface area contributed by atoms with Gasteiger partial charge < -0.3 is 10.2 Å². The Hall–Kier alpha value is -3.60. The zero-order valence-electron chi connectivity index (χ0n) is 11.0. The van der Waals surface area contributed by atoms with E-state index in [1.165, 1.54) is 30.6 Å². The van der Waals surface area contributed by atoms with E-state index in [0.29, 0.717) is 5.56 Å². The molecule has 110 valence electrons. The Bertz CT molecular complexity index is 806. The van der Waals surface area contributed by atoms with Crippen molar-refractivity contribution in [1.29, 1.82) is 5.26 Å². The Morgan fingerprint density at radius 3 is 2.50 bits per heavy atom. The predicted molar refractivity (Wildman–Crippen MR) is 73.7 cm³/mol. The molecular formula is C14H10N3O5+. The highest BCUT2D eigenvalue weighted by molar-refractivity contribution is 5.90. The van der Waals surface area contributed by atoms with Crippen LogP contribution in [0.1, 0.15) is 11.1 Å². The summed E-state index contributed by atoms with van der Waals surface area (Å²) in [5.74, 6) is -1.49. The van der Waals surface area contributed by atoms with Gasteiger partial charge in [0.2, 0.25) is 18.1 Å². The Balaban J connectivity index is 2.53. The maximum absolute atomic E-state index is 10.8. The number of hydrogen-bond donors (Lipinski definition) is 3. The van der Waals surface area contributed by atoms with Gasteiger partial charge in [0.15, 0.2) is 5.75 Å². The molecule has 0 aliphatic carbocycles. The summed E-state index contributed by atoms with van der Waals surface area (Å²) in [6, 6.07) is 7.03. The average molecular weight is 300 g/mol. The summed E-state index contributed by atoms with van der Waals surface area (Å²) in [5.41, 5.74) is 0.159. The molecule has 0 amide bonds. The van der Waals surface area contributed by atoms with Gasteiger partial charge in [0.25, 0.3) is 0 Å². The third-order valence-corrected chi connectivity index (χ3v) is 2.84.